The Morgan fingerprint density at radius 3 is 3.00 bits per heavy atom. The minimum Gasteiger partial charge on any atom is -0.264 e. The van der Waals surface area contributed by atoms with E-state index in [4.69, 9.17) is 0 Å². The Balaban J connectivity index is 2.24. The van der Waals surface area contributed by atoms with E-state index < -0.39 is 0 Å². The molecule has 1 saturated carbocycles. The van der Waals surface area contributed by atoms with E-state index in [1.807, 2.05) is 6.20 Å². The molecule has 1 aromatic rings. The summed E-state index contributed by atoms with van der Waals surface area (Å²) in [5, 5.41) is 0. The Morgan fingerprint density at radius 2 is 2.33 bits per heavy atom. The monoisotopic (exact) mass is 161 g/mol. The standard InChI is InChI=1S/C11H15N/c1-2-3-9-6-7-12-8-11(9)10-4-5-10/h6-8,10H,2-5H2,1H3. The van der Waals surface area contributed by atoms with Crippen LogP contribution in [0.25, 0.3) is 0 Å². The number of aryl methyl sites for hydroxylation is 1. The predicted molar refractivity (Wildman–Crippen MR) is 50.2 cm³/mol. The van der Waals surface area contributed by atoms with Gasteiger partial charge < -0.3 is 0 Å². The SMILES string of the molecule is CCCc1ccncc1C1CC1. The van der Waals surface area contributed by atoms with Gasteiger partial charge in [-0.3, -0.25) is 4.98 Å². The zero-order valence-corrected chi connectivity index (χ0v) is 7.59. The third kappa shape index (κ3) is 1.50. The summed E-state index contributed by atoms with van der Waals surface area (Å²) in [4.78, 5) is 4.19. The van der Waals surface area contributed by atoms with Crippen LogP contribution in [0.5, 0.6) is 0 Å². The van der Waals surface area contributed by atoms with Gasteiger partial charge in [0.2, 0.25) is 0 Å². The average Bonchev–Trinajstić information content (AvgIpc) is 2.89. The third-order valence-electron chi connectivity index (χ3n) is 2.48. The van der Waals surface area contributed by atoms with E-state index in [0.717, 1.165) is 5.92 Å². The molecule has 1 heteroatoms. The molecule has 0 aromatic carbocycles. The smallest absolute Gasteiger partial charge is 0.0305 e. The van der Waals surface area contributed by atoms with Crippen molar-refractivity contribution >= 4 is 0 Å². The lowest BCUT2D eigenvalue weighted by molar-refractivity contribution is 0.889. The Morgan fingerprint density at radius 1 is 1.50 bits per heavy atom. The maximum absolute atomic E-state index is 4.19. The van der Waals surface area contributed by atoms with Gasteiger partial charge in [-0.05, 0) is 42.4 Å². The molecule has 1 aliphatic carbocycles. The number of nitrogens with zero attached hydrogens (tertiary/aromatic N) is 1. The van der Waals surface area contributed by atoms with Crippen molar-refractivity contribution < 1.29 is 0 Å². The van der Waals surface area contributed by atoms with Crippen molar-refractivity contribution in [2.75, 3.05) is 0 Å². The molecule has 0 spiro atoms. The van der Waals surface area contributed by atoms with Crippen molar-refractivity contribution in [2.24, 2.45) is 0 Å². The van der Waals surface area contributed by atoms with E-state index in [0.29, 0.717) is 0 Å². The van der Waals surface area contributed by atoms with Gasteiger partial charge in [0, 0.05) is 12.4 Å². The molecule has 0 amide bonds. The second-order valence-electron chi connectivity index (χ2n) is 3.60. The van der Waals surface area contributed by atoms with Gasteiger partial charge in [0.15, 0.2) is 0 Å². The lowest BCUT2D eigenvalue weighted by Gasteiger charge is -2.05. The van der Waals surface area contributed by atoms with Crippen LogP contribution in [0.3, 0.4) is 0 Å². The largest absolute Gasteiger partial charge is 0.264 e. The molecule has 0 unspecified atom stereocenters. The van der Waals surface area contributed by atoms with Crippen LogP contribution in [0.4, 0.5) is 0 Å². The fraction of sp³-hybridized carbons (Fsp3) is 0.545. The molecule has 0 N–H and O–H groups in total. The maximum atomic E-state index is 4.19. The molecule has 1 aromatic heterocycles. The molecule has 0 atom stereocenters. The molecule has 1 heterocycles. The zero-order chi connectivity index (χ0) is 8.39. The van der Waals surface area contributed by atoms with Crippen LogP contribution in [-0.2, 0) is 6.42 Å². The van der Waals surface area contributed by atoms with E-state index in [-0.39, 0.29) is 0 Å². The van der Waals surface area contributed by atoms with Crippen LogP contribution in [0.1, 0.15) is 43.2 Å². The molecule has 0 saturated heterocycles. The fourth-order valence-electron chi connectivity index (χ4n) is 1.69. The maximum Gasteiger partial charge on any atom is 0.0305 e. The highest BCUT2D eigenvalue weighted by Gasteiger charge is 2.25. The second kappa shape index (κ2) is 3.26. The van der Waals surface area contributed by atoms with E-state index in [1.165, 1.54) is 36.8 Å². The van der Waals surface area contributed by atoms with Crippen LogP contribution < -0.4 is 0 Å². The van der Waals surface area contributed by atoms with Crippen molar-refractivity contribution in [3.05, 3.63) is 29.6 Å². The van der Waals surface area contributed by atoms with Crippen molar-refractivity contribution in [3.8, 4) is 0 Å². The Bertz CT molecular complexity index is 263. The third-order valence-corrected chi connectivity index (χ3v) is 2.48. The summed E-state index contributed by atoms with van der Waals surface area (Å²) in [6.45, 7) is 2.23. The fourth-order valence-corrected chi connectivity index (χ4v) is 1.69. The Hall–Kier alpha value is -0.850. The van der Waals surface area contributed by atoms with Gasteiger partial charge >= 0.3 is 0 Å². The molecule has 12 heavy (non-hydrogen) atoms. The minimum absolute atomic E-state index is 0.847. The summed E-state index contributed by atoms with van der Waals surface area (Å²) in [6.07, 6.45) is 9.18. The lowest BCUT2D eigenvalue weighted by atomic mass is 10.0. The first-order chi connectivity index (χ1) is 5.92. The van der Waals surface area contributed by atoms with Crippen LogP contribution in [0.2, 0.25) is 0 Å². The molecule has 2 rings (SSSR count). The van der Waals surface area contributed by atoms with E-state index in [1.54, 1.807) is 0 Å². The minimum atomic E-state index is 0.847. The van der Waals surface area contributed by atoms with Crippen LogP contribution >= 0.6 is 0 Å². The summed E-state index contributed by atoms with van der Waals surface area (Å²) < 4.78 is 0. The van der Waals surface area contributed by atoms with Crippen LogP contribution in [0.15, 0.2) is 18.5 Å². The molecule has 64 valence electrons. The first-order valence-corrected chi connectivity index (χ1v) is 4.84. The normalized spacial score (nSPS) is 16.4. The predicted octanol–water partition coefficient (Wildman–Crippen LogP) is 2.91. The lowest BCUT2D eigenvalue weighted by Crippen LogP contribution is -1.92. The van der Waals surface area contributed by atoms with Crippen molar-refractivity contribution in [1.82, 2.24) is 4.98 Å². The quantitative estimate of drug-likeness (QED) is 0.664. The number of aromatic nitrogens is 1. The van der Waals surface area contributed by atoms with Crippen LogP contribution in [0, 0.1) is 0 Å². The first kappa shape index (κ1) is 7.78. The molecular weight excluding hydrogens is 146 g/mol. The molecule has 1 aliphatic rings. The molecule has 0 radical (unpaired) electrons. The highest BCUT2D eigenvalue weighted by Crippen LogP contribution is 2.41. The summed E-state index contributed by atoms with van der Waals surface area (Å²) in [5.74, 6) is 0.847. The molecule has 1 nitrogen and oxygen atoms in total. The molecule has 0 bridgehead atoms. The Kier molecular flexibility index (Phi) is 2.11. The van der Waals surface area contributed by atoms with E-state index in [2.05, 4.69) is 24.2 Å². The number of hydrogen-bond acceptors (Lipinski definition) is 1. The number of pyridine rings is 1. The number of hydrogen-bond donors (Lipinski definition) is 0. The molecular formula is C11H15N. The van der Waals surface area contributed by atoms with Crippen LogP contribution in [-0.4, -0.2) is 4.98 Å². The topological polar surface area (TPSA) is 12.9 Å². The van der Waals surface area contributed by atoms with Gasteiger partial charge in [0.05, 0.1) is 0 Å². The van der Waals surface area contributed by atoms with Gasteiger partial charge in [0.1, 0.15) is 0 Å². The summed E-state index contributed by atoms with van der Waals surface area (Å²) in [7, 11) is 0. The highest BCUT2D eigenvalue weighted by molar-refractivity contribution is 5.30. The van der Waals surface area contributed by atoms with E-state index >= 15 is 0 Å². The summed E-state index contributed by atoms with van der Waals surface area (Å²) >= 11 is 0. The van der Waals surface area contributed by atoms with Crippen molar-refractivity contribution in [1.29, 1.82) is 0 Å². The second-order valence-corrected chi connectivity index (χ2v) is 3.60. The van der Waals surface area contributed by atoms with Gasteiger partial charge in [-0.2, -0.15) is 0 Å². The first-order valence-electron chi connectivity index (χ1n) is 4.84. The van der Waals surface area contributed by atoms with Gasteiger partial charge in [0.25, 0.3) is 0 Å². The van der Waals surface area contributed by atoms with Gasteiger partial charge in [-0.1, -0.05) is 13.3 Å². The summed E-state index contributed by atoms with van der Waals surface area (Å²) in [5.41, 5.74) is 3.04. The van der Waals surface area contributed by atoms with Gasteiger partial charge in [-0.25, -0.2) is 0 Å². The van der Waals surface area contributed by atoms with E-state index in [9.17, 15) is 0 Å². The average molecular weight is 161 g/mol. The highest BCUT2D eigenvalue weighted by atomic mass is 14.6. The Labute approximate surface area is 73.8 Å². The molecule has 1 fully saturated rings. The summed E-state index contributed by atoms with van der Waals surface area (Å²) in [6, 6.07) is 2.18. The van der Waals surface area contributed by atoms with Crippen molar-refractivity contribution in [2.45, 2.75) is 38.5 Å². The molecule has 0 aliphatic heterocycles. The zero-order valence-electron chi connectivity index (χ0n) is 7.59. The van der Waals surface area contributed by atoms with Gasteiger partial charge in [-0.15, -0.1) is 0 Å². The van der Waals surface area contributed by atoms with Crippen molar-refractivity contribution in [3.63, 3.8) is 0 Å². The number of rotatable bonds is 3.